The standard InChI is InChI=1S/C27H25NO2/c1-19(24-15-8-13-20-9-4-6-14-25(20)24)27(30)28-26-16-7-5-11-22(26)17-21-10-2-3-12-23(21)18-29/h2-16,19,29H,17-18H2,1H3,(H,28,30). The molecule has 4 rings (SSSR count). The summed E-state index contributed by atoms with van der Waals surface area (Å²) in [5, 5.41) is 15.0. The molecule has 0 aromatic heterocycles. The maximum Gasteiger partial charge on any atom is 0.231 e. The number of aliphatic hydroxyl groups excluding tert-OH is 1. The molecule has 0 aliphatic rings. The minimum atomic E-state index is -0.283. The predicted molar refractivity (Wildman–Crippen MR) is 123 cm³/mol. The van der Waals surface area contributed by atoms with Crippen LogP contribution in [0.3, 0.4) is 0 Å². The first kappa shape index (κ1) is 19.9. The van der Waals surface area contributed by atoms with Gasteiger partial charge >= 0.3 is 0 Å². The lowest BCUT2D eigenvalue weighted by atomic mass is 9.93. The molecule has 30 heavy (non-hydrogen) atoms. The molecule has 3 nitrogen and oxygen atoms in total. The molecular formula is C27H25NO2. The quantitative estimate of drug-likeness (QED) is 0.442. The Morgan fingerprint density at radius 2 is 1.43 bits per heavy atom. The number of carbonyl (C=O) groups excluding carboxylic acids is 1. The van der Waals surface area contributed by atoms with Crippen LogP contribution in [0.1, 0.15) is 35.1 Å². The van der Waals surface area contributed by atoms with E-state index in [2.05, 4.69) is 23.5 Å². The average Bonchev–Trinajstić information content (AvgIpc) is 2.79. The van der Waals surface area contributed by atoms with Crippen LogP contribution in [0.25, 0.3) is 10.8 Å². The summed E-state index contributed by atoms with van der Waals surface area (Å²) in [7, 11) is 0. The van der Waals surface area contributed by atoms with Gasteiger partial charge in [-0.1, -0.05) is 84.9 Å². The van der Waals surface area contributed by atoms with Gasteiger partial charge in [-0.25, -0.2) is 0 Å². The molecule has 3 heteroatoms. The summed E-state index contributed by atoms with van der Waals surface area (Å²) in [6.07, 6.45) is 0.649. The monoisotopic (exact) mass is 395 g/mol. The first-order valence-electron chi connectivity index (χ1n) is 10.2. The Bertz CT molecular complexity index is 1180. The van der Waals surface area contributed by atoms with Crippen molar-refractivity contribution in [1.82, 2.24) is 0 Å². The van der Waals surface area contributed by atoms with E-state index in [4.69, 9.17) is 0 Å². The fourth-order valence-electron chi connectivity index (χ4n) is 3.90. The molecule has 0 saturated heterocycles. The van der Waals surface area contributed by atoms with Gasteiger partial charge in [-0.2, -0.15) is 0 Å². The van der Waals surface area contributed by atoms with Crippen molar-refractivity contribution < 1.29 is 9.90 Å². The van der Waals surface area contributed by atoms with E-state index in [1.807, 2.05) is 79.7 Å². The largest absolute Gasteiger partial charge is 0.392 e. The second-order valence-electron chi connectivity index (χ2n) is 7.54. The van der Waals surface area contributed by atoms with Crippen LogP contribution in [-0.4, -0.2) is 11.0 Å². The van der Waals surface area contributed by atoms with Crippen molar-refractivity contribution in [1.29, 1.82) is 0 Å². The number of amides is 1. The number of rotatable bonds is 6. The third kappa shape index (κ3) is 4.12. The summed E-state index contributed by atoms with van der Waals surface area (Å²) in [6, 6.07) is 29.9. The molecule has 4 aromatic carbocycles. The Kier molecular flexibility index (Phi) is 5.92. The van der Waals surface area contributed by atoms with Gasteiger partial charge in [0.1, 0.15) is 0 Å². The van der Waals surface area contributed by atoms with Crippen molar-refractivity contribution in [2.45, 2.75) is 25.9 Å². The number of nitrogens with one attached hydrogen (secondary N) is 1. The van der Waals surface area contributed by atoms with Crippen LogP contribution >= 0.6 is 0 Å². The number of anilines is 1. The Hall–Kier alpha value is -3.43. The Morgan fingerprint density at radius 1 is 0.800 bits per heavy atom. The zero-order valence-electron chi connectivity index (χ0n) is 17.0. The van der Waals surface area contributed by atoms with Crippen molar-refractivity contribution in [3.05, 3.63) is 113 Å². The van der Waals surface area contributed by atoms with Gasteiger partial charge in [-0.3, -0.25) is 4.79 Å². The molecule has 0 saturated carbocycles. The molecule has 2 N–H and O–H groups in total. The van der Waals surface area contributed by atoms with E-state index < -0.39 is 0 Å². The van der Waals surface area contributed by atoms with E-state index in [1.165, 1.54) is 0 Å². The molecule has 0 fully saturated rings. The van der Waals surface area contributed by atoms with Gasteiger partial charge in [0.15, 0.2) is 0 Å². The lowest BCUT2D eigenvalue weighted by molar-refractivity contribution is -0.117. The first-order chi connectivity index (χ1) is 14.7. The topological polar surface area (TPSA) is 49.3 Å². The summed E-state index contributed by atoms with van der Waals surface area (Å²) in [4.78, 5) is 13.1. The van der Waals surface area contributed by atoms with Crippen LogP contribution in [0.15, 0.2) is 91.0 Å². The molecule has 0 radical (unpaired) electrons. The van der Waals surface area contributed by atoms with Crippen LogP contribution in [-0.2, 0) is 17.8 Å². The van der Waals surface area contributed by atoms with E-state index in [9.17, 15) is 9.90 Å². The lowest BCUT2D eigenvalue weighted by Crippen LogP contribution is -2.20. The predicted octanol–water partition coefficient (Wildman–Crippen LogP) is 5.67. The minimum Gasteiger partial charge on any atom is -0.392 e. The molecular weight excluding hydrogens is 370 g/mol. The van der Waals surface area contributed by atoms with Crippen molar-refractivity contribution in [3.63, 3.8) is 0 Å². The number of hydrogen-bond donors (Lipinski definition) is 2. The third-order valence-corrected chi connectivity index (χ3v) is 5.63. The van der Waals surface area contributed by atoms with Gasteiger partial charge in [0.2, 0.25) is 5.91 Å². The second kappa shape index (κ2) is 8.93. The van der Waals surface area contributed by atoms with E-state index in [-0.39, 0.29) is 18.4 Å². The number of fused-ring (bicyclic) bond motifs is 1. The van der Waals surface area contributed by atoms with Crippen molar-refractivity contribution >= 4 is 22.4 Å². The van der Waals surface area contributed by atoms with Gasteiger partial charge in [-0.05, 0) is 52.4 Å². The molecule has 0 spiro atoms. The number of aliphatic hydroxyl groups is 1. The number of benzene rings is 4. The van der Waals surface area contributed by atoms with Crippen molar-refractivity contribution in [2.24, 2.45) is 0 Å². The van der Waals surface area contributed by atoms with Crippen molar-refractivity contribution in [3.8, 4) is 0 Å². The minimum absolute atomic E-state index is 0.00279. The van der Waals surface area contributed by atoms with Crippen LogP contribution in [0.2, 0.25) is 0 Å². The van der Waals surface area contributed by atoms with Crippen LogP contribution in [0.4, 0.5) is 5.69 Å². The summed E-state index contributed by atoms with van der Waals surface area (Å²) in [5.41, 5.74) is 4.82. The zero-order chi connectivity index (χ0) is 20.9. The van der Waals surface area contributed by atoms with Gasteiger partial charge in [-0.15, -0.1) is 0 Å². The number of para-hydroxylation sites is 1. The summed E-state index contributed by atoms with van der Waals surface area (Å²) in [5.74, 6) is -0.317. The highest BCUT2D eigenvalue weighted by atomic mass is 16.3. The fourth-order valence-corrected chi connectivity index (χ4v) is 3.90. The second-order valence-corrected chi connectivity index (χ2v) is 7.54. The zero-order valence-corrected chi connectivity index (χ0v) is 17.0. The third-order valence-electron chi connectivity index (χ3n) is 5.63. The molecule has 1 atom stereocenters. The highest BCUT2D eigenvalue weighted by molar-refractivity contribution is 5.99. The molecule has 0 aliphatic heterocycles. The molecule has 1 amide bonds. The number of hydrogen-bond acceptors (Lipinski definition) is 2. The Morgan fingerprint density at radius 3 is 2.23 bits per heavy atom. The highest BCUT2D eigenvalue weighted by Gasteiger charge is 2.18. The summed E-state index contributed by atoms with van der Waals surface area (Å²) < 4.78 is 0. The lowest BCUT2D eigenvalue weighted by Gasteiger charge is -2.17. The molecule has 1 unspecified atom stereocenters. The molecule has 0 aliphatic carbocycles. The van der Waals surface area contributed by atoms with Crippen LogP contribution < -0.4 is 5.32 Å². The fraction of sp³-hybridized carbons (Fsp3) is 0.148. The van der Waals surface area contributed by atoms with E-state index in [0.717, 1.165) is 38.7 Å². The molecule has 0 bridgehead atoms. The van der Waals surface area contributed by atoms with Gasteiger partial charge in [0.25, 0.3) is 0 Å². The SMILES string of the molecule is CC(C(=O)Nc1ccccc1Cc1ccccc1CO)c1cccc2ccccc12. The Labute approximate surface area is 177 Å². The smallest absolute Gasteiger partial charge is 0.231 e. The van der Waals surface area contributed by atoms with Gasteiger partial charge < -0.3 is 10.4 Å². The normalized spacial score (nSPS) is 11.9. The van der Waals surface area contributed by atoms with E-state index >= 15 is 0 Å². The molecule has 4 aromatic rings. The van der Waals surface area contributed by atoms with Gasteiger partial charge in [0, 0.05) is 5.69 Å². The van der Waals surface area contributed by atoms with Crippen molar-refractivity contribution in [2.75, 3.05) is 5.32 Å². The Balaban J connectivity index is 1.59. The van der Waals surface area contributed by atoms with Crippen LogP contribution in [0.5, 0.6) is 0 Å². The van der Waals surface area contributed by atoms with E-state index in [0.29, 0.717) is 6.42 Å². The average molecular weight is 396 g/mol. The van der Waals surface area contributed by atoms with E-state index in [1.54, 1.807) is 0 Å². The summed E-state index contributed by atoms with van der Waals surface area (Å²) >= 11 is 0. The maximum atomic E-state index is 13.1. The molecule has 0 heterocycles. The van der Waals surface area contributed by atoms with Crippen LogP contribution in [0, 0.1) is 0 Å². The molecule has 150 valence electrons. The van der Waals surface area contributed by atoms with Gasteiger partial charge in [0.05, 0.1) is 12.5 Å². The maximum absolute atomic E-state index is 13.1. The summed E-state index contributed by atoms with van der Waals surface area (Å²) in [6.45, 7) is 1.95. The number of carbonyl (C=O) groups is 1. The highest BCUT2D eigenvalue weighted by Crippen LogP contribution is 2.28. The first-order valence-corrected chi connectivity index (χ1v) is 10.2.